The number of nitrogens with one attached hydrogen (secondary N) is 1. The highest BCUT2D eigenvalue weighted by Crippen LogP contribution is 2.43. The molecule has 2 aromatic carbocycles. The van der Waals surface area contributed by atoms with E-state index in [1.807, 2.05) is 19.2 Å². The van der Waals surface area contributed by atoms with Crippen LogP contribution in [0.1, 0.15) is 57.4 Å². The van der Waals surface area contributed by atoms with E-state index in [2.05, 4.69) is 10.4 Å². The Morgan fingerprint density at radius 2 is 1.79 bits per heavy atom. The van der Waals surface area contributed by atoms with Gasteiger partial charge < -0.3 is 14.8 Å². The van der Waals surface area contributed by atoms with Crippen molar-refractivity contribution in [2.24, 2.45) is 0 Å². The van der Waals surface area contributed by atoms with E-state index in [1.165, 1.54) is 0 Å². The first kappa shape index (κ1) is 31.3. The minimum Gasteiger partial charge on any atom is -0.492 e. The summed E-state index contributed by atoms with van der Waals surface area (Å²) in [6.07, 6.45) is -1.42. The van der Waals surface area contributed by atoms with Crippen LogP contribution in [0, 0.1) is 11.6 Å². The van der Waals surface area contributed by atoms with Crippen LogP contribution in [0.25, 0.3) is 11.1 Å². The van der Waals surface area contributed by atoms with Crippen LogP contribution in [-0.2, 0) is 17.7 Å². The first-order chi connectivity index (χ1) is 19.6. The lowest BCUT2D eigenvalue weighted by atomic mass is 9.83. The number of halogens is 5. The number of nitrogens with zero attached hydrogens (tertiary/aromatic N) is 3. The molecule has 2 atom stereocenters. The molecule has 42 heavy (non-hydrogen) atoms. The molecule has 4 rings (SSSR count). The third kappa shape index (κ3) is 7.58. The number of alkyl halides is 3. The van der Waals surface area contributed by atoms with E-state index < -0.39 is 53.7 Å². The number of amides is 1. The molecule has 228 valence electrons. The Kier molecular flexibility index (Phi) is 9.15. The van der Waals surface area contributed by atoms with Crippen LogP contribution < -0.4 is 10.1 Å². The number of carbonyl (C=O) groups excluding carboxylic acids is 1. The van der Waals surface area contributed by atoms with Gasteiger partial charge in [0.05, 0.1) is 25.3 Å². The number of carbonyl (C=O) groups is 1. The Hall–Kier alpha value is -3.67. The van der Waals surface area contributed by atoms with Crippen molar-refractivity contribution in [1.82, 2.24) is 20.0 Å². The lowest BCUT2D eigenvalue weighted by Crippen LogP contribution is -2.47. The molecule has 0 saturated carbocycles. The Morgan fingerprint density at radius 3 is 2.38 bits per heavy atom. The predicted molar refractivity (Wildman–Crippen MR) is 147 cm³/mol. The summed E-state index contributed by atoms with van der Waals surface area (Å²) in [6, 6.07) is 5.14. The topological polar surface area (TPSA) is 68.6 Å². The molecule has 1 aliphatic rings. The number of alkyl carbamates (subject to hydrolysis) is 1. The van der Waals surface area contributed by atoms with Gasteiger partial charge in [0, 0.05) is 42.0 Å². The number of ether oxygens (including phenoxy) is 2. The fourth-order valence-electron chi connectivity index (χ4n) is 5.10. The highest BCUT2D eigenvalue weighted by Gasteiger charge is 2.42. The average molecular weight is 595 g/mol. The van der Waals surface area contributed by atoms with Crippen LogP contribution in [0.3, 0.4) is 0 Å². The van der Waals surface area contributed by atoms with Crippen LogP contribution in [0.2, 0.25) is 0 Å². The van der Waals surface area contributed by atoms with E-state index in [0.29, 0.717) is 17.7 Å². The number of benzene rings is 2. The standard InChI is InChI=1S/C30H35F5N4O3/c1-6-38-16-21(15-37-38)19-7-8-23-20(12-19)11-18(2)39(17-30(33,34)35)27(23)26-24(31)13-22(14-25(26)32)41-10-9-36-28(40)42-29(3,4)5/h7-8,12-16,18,27H,6,9-11,17H2,1-5H3,(H,36,40)/t18-,27+/m1/s1. The molecule has 0 spiro atoms. The van der Waals surface area contributed by atoms with Crippen molar-refractivity contribution >= 4 is 6.09 Å². The quantitative estimate of drug-likeness (QED) is 0.234. The van der Waals surface area contributed by atoms with Gasteiger partial charge in [-0.3, -0.25) is 9.58 Å². The zero-order valence-corrected chi connectivity index (χ0v) is 24.2. The number of fused-ring (bicyclic) bond motifs is 1. The van der Waals surface area contributed by atoms with Crippen molar-refractivity contribution in [1.29, 1.82) is 0 Å². The summed E-state index contributed by atoms with van der Waals surface area (Å²) in [5.41, 5.74) is 1.58. The lowest BCUT2D eigenvalue weighted by molar-refractivity contribution is -0.155. The minimum atomic E-state index is -4.59. The molecule has 3 aromatic rings. The van der Waals surface area contributed by atoms with Crippen LogP contribution in [0.5, 0.6) is 5.75 Å². The number of aryl methyl sites for hydroxylation is 1. The first-order valence-corrected chi connectivity index (χ1v) is 13.7. The molecule has 2 heterocycles. The van der Waals surface area contributed by atoms with E-state index in [-0.39, 0.29) is 25.3 Å². The Balaban J connectivity index is 1.63. The maximum atomic E-state index is 15.6. The Labute approximate surface area is 241 Å². The largest absolute Gasteiger partial charge is 0.492 e. The van der Waals surface area contributed by atoms with Crippen molar-refractivity contribution in [2.75, 3.05) is 19.7 Å². The molecule has 1 N–H and O–H groups in total. The molecular formula is C30H35F5N4O3. The van der Waals surface area contributed by atoms with E-state index in [9.17, 15) is 18.0 Å². The Bertz CT molecular complexity index is 1390. The summed E-state index contributed by atoms with van der Waals surface area (Å²) < 4.78 is 84.6. The summed E-state index contributed by atoms with van der Waals surface area (Å²) in [5, 5.41) is 6.75. The molecule has 0 radical (unpaired) electrons. The SMILES string of the molecule is CCn1cc(-c2ccc3c(c2)C[C@@H](C)N(CC(F)(F)F)[C@@H]3c2c(F)cc(OCCNC(=O)OC(C)(C)C)cc2F)cn1. The number of hydrogen-bond donors (Lipinski definition) is 1. The highest BCUT2D eigenvalue weighted by molar-refractivity contribution is 5.67. The van der Waals surface area contributed by atoms with Crippen LogP contribution >= 0.6 is 0 Å². The van der Waals surface area contributed by atoms with E-state index in [4.69, 9.17) is 9.47 Å². The smallest absolute Gasteiger partial charge is 0.407 e. The van der Waals surface area contributed by atoms with Gasteiger partial charge in [-0.05, 0) is 57.7 Å². The van der Waals surface area contributed by atoms with Gasteiger partial charge in [-0.25, -0.2) is 13.6 Å². The first-order valence-electron chi connectivity index (χ1n) is 13.7. The van der Waals surface area contributed by atoms with Crippen molar-refractivity contribution in [3.8, 4) is 16.9 Å². The second-order valence-corrected chi connectivity index (χ2v) is 11.3. The van der Waals surface area contributed by atoms with Crippen LogP contribution in [0.15, 0.2) is 42.7 Å². The Morgan fingerprint density at radius 1 is 1.10 bits per heavy atom. The molecule has 0 saturated heterocycles. The number of aromatic nitrogens is 2. The minimum absolute atomic E-state index is 0.00622. The molecule has 7 nitrogen and oxygen atoms in total. The van der Waals surface area contributed by atoms with Gasteiger partial charge in [0.15, 0.2) is 0 Å². The third-order valence-electron chi connectivity index (χ3n) is 6.87. The average Bonchev–Trinajstić information content (AvgIpc) is 3.35. The lowest BCUT2D eigenvalue weighted by Gasteiger charge is -2.42. The zero-order chi connectivity index (χ0) is 30.8. The van der Waals surface area contributed by atoms with Gasteiger partial charge in [-0.2, -0.15) is 18.3 Å². The van der Waals surface area contributed by atoms with Crippen molar-refractivity contribution in [3.05, 3.63) is 71.1 Å². The van der Waals surface area contributed by atoms with Gasteiger partial charge in [0.1, 0.15) is 29.6 Å². The predicted octanol–water partition coefficient (Wildman–Crippen LogP) is 6.65. The van der Waals surface area contributed by atoms with Gasteiger partial charge in [-0.15, -0.1) is 0 Å². The maximum absolute atomic E-state index is 15.6. The van der Waals surface area contributed by atoms with Crippen molar-refractivity contribution in [3.63, 3.8) is 0 Å². The molecule has 12 heteroatoms. The van der Waals surface area contributed by atoms with E-state index >= 15 is 8.78 Å². The maximum Gasteiger partial charge on any atom is 0.407 e. The third-order valence-corrected chi connectivity index (χ3v) is 6.87. The van der Waals surface area contributed by atoms with Gasteiger partial charge in [0.25, 0.3) is 0 Å². The van der Waals surface area contributed by atoms with Gasteiger partial charge in [-0.1, -0.05) is 18.2 Å². The number of rotatable bonds is 8. The highest BCUT2D eigenvalue weighted by atomic mass is 19.4. The van der Waals surface area contributed by atoms with E-state index in [1.54, 1.807) is 50.7 Å². The molecular weight excluding hydrogens is 559 g/mol. The van der Waals surface area contributed by atoms with Crippen molar-refractivity contribution < 1.29 is 36.2 Å². The zero-order valence-electron chi connectivity index (χ0n) is 24.2. The van der Waals surface area contributed by atoms with Gasteiger partial charge in [0.2, 0.25) is 0 Å². The van der Waals surface area contributed by atoms with Crippen LogP contribution in [0.4, 0.5) is 26.7 Å². The monoisotopic (exact) mass is 594 g/mol. The second-order valence-electron chi connectivity index (χ2n) is 11.3. The molecule has 0 fully saturated rings. The van der Waals surface area contributed by atoms with E-state index in [0.717, 1.165) is 28.2 Å². The molecule has 1 aliphatic heterocycles. The molecule has 1 aromatic heterocycles. The van der Waals surface area contributed by atoms with Gasteiger partial charge >= 0.3 is 12.3 Å². The summed E-state index contributed by atoms with van der Waals surface area (Å²) in [7, 11) is 0. The molecule has 0 unspecified atom stereocenters. The fourth-order valence-corrected chi connectivity index (χ4v) is 5.10. The summed E-state index contributed by atoms with van der Waals surface area (Å²) in [4.78, 5) is 12.9. The molecule has 0 aliphatic carbocycles. The normalized spacial score (nSPS) is 17.6. The second kappa shape index (κ2) is 12.3. The molecule has 0 bridgehead atoms. The summed E-state index contributed by atoms with van der Waals surface area (Å²) >= 11 is 0. The van der Waals surface area contributed by atoms with Crippen molar-refractivity contribution in [2.45, 2.75) is 71.4 Å². The van der Waals surface area contributed by atoms with Crippen LogP contribution in [-0.4, -0.2) is 58.3 Å². The summed E-state index contributed by atoms with van der Waals surface area (Å²) in [5.74, 6) is -2.22. The number of hydrogen-bond acceptors (Lipinski definition) is 5. The molecule has 1 amide bonds. The fraction of sp³-hybridized carbons (Fsp3) is 0.467. The summed E-state index contributed by atoms with van der Waals surface area (Å²) in [6.45, 7) is 7.92.